The van der Waals surface area contributed by atoms with E-state index in [4.69, 9.17) is 5.73 Å². The van der Waals surface area contributed by atoms with Crippen LogP contribution in [0.3, 0.4) is 0 Å². The van der Waals surface area contributed by atoms with Gasteiger partial charge in [0, 0.05) is 20.6 Å². The molecular weight excluding hydrogens is 210 g/mol. The van der Waals surface area contributed by atoms with Crippen molar-refractivity contribution in [2.75, 3.05) is 20.6 Å². The molecule has 2 fully saturated rings. The van der Waals surface area contributed by atoms with Gasteiger partial charge in [-0.25, -0.2) is 10.0 Å². The van der Waals surface area contributed by atoms with E-state index in [1.807, 2.05) is 0 Å². The van der Waals surface area contributed by atoms with Crippen molar-refractivity contribution in [3.8, 4) is 0 Å². The van der Waals surface area contributed by atoms with Gasteiger partial charge < -0.3 is 5.73 Å². The average molecular weight is 225 g/mol. The highest BCUT2D eigenvalue weighted by atomic mass is 16.2. The predicted molar refractivity (Wildman–Crippen MR) is 55.1 cm³/mol. The summed E-state index contributed by atoms with van der Waals surface area (Å²) in [4.78, 5) is 34.5. The number of Topliss-reactive ketones (excluding diaryl/α,β-unsaturated/α-hetero) is 2. The van der Waals surface area contributed by atoms with Crippen LogP contribution in [0.5, 0.6) is 0 Å². The molecule has 0 aromatic rings. The van der Waals surface area contributed by atoms with E-state index in [0.717, 1.165) is 6.42 Å². The van der Waals surface area contributed by atoms with Gasteiger partial charge in [0.05, 0.1) is 5.92 Å². The SMILES string of the molecule is CN(C)N1CCCC(C(N)=O)C12C(=O)C2=O. The fraction of sp³-hybridized carbons (Fsp3) is 0.700. The molecule has 0 aromatic heterocycles. The molecule has 1 amide bonds. The number of nitrogens with two attached hydrogens (primary N) is 1. The van der Waals surface area contributed by atoms with Crippen LogP contribution < -0.4 is 5.73 Å². The zero-order valence-electron chi connectivity index (χ0n) is 9.40. The lowest BCUT2D eigenvalue weighted by Gasteiger charge is -2.41. The lowest BCUT2D eigenvalue weighted by molar-refractivity contribution is -0.144. The van der Waals surface area contributed by atoms with Gasteiger partial charge in [-0.1, -0.05) is 0 Å². The van der Waals surface area contributed by atoms with E-state index >= 15 is 0 Å². The lowest BCUT2D eigenvalue weighted by atomic mass is 9.87. The Balaban J connectivity index is 2.40. The number of carbonyl (C=O) groups is 3. The van der Waals surface area contributed by atoms with E-state index in [0.29, 0.717) is 13.0 Å². The van der Waals surface area contributed by atoms with Crippen LogP contribution in [0, 0.1) is 5.92 Å². The van der Waals surface area contributed by atoms with Gasteiger partial charge in [0.1, 0.15) is 0 Å². The first-order valence-corrected chi connectivity index (χ1v) is 5.27. The Morgan fingerprint density at radius 3 is 2.38 bits per heavy atom. The Bertz CT molecular complexity index is 364. The fourth-order valence-electron chi connectivity index (χ4n) is 2.67. The van der Waals surface area contributed by atoms with Crippen LogP contribution in [0.2, 0.25) is 0 Å². The Kier molecular flexibility index (Phi) is 2.36. The summed E-state index contributed by atoms with van der Waals surface area (Å²) in [5, 5.41) is 3.36. The third kappa shape index (κ3) is 1.17. The summed E-state index contributed by atoms with van der Waals surface area (Å²) in [6.45, 7) is 0.605. The number of ketones is 2. The molecule has 6 nitrogen and oxygen atoms in total. The van der Waals surface area contributed by atoms with Crippen molar-refractivity contribution < 1.29 is 14.4 Å². The van der Waals surface area contributed by atoms with Crippen LogP contribution >= 0.6 is 0 Å². The van der Waals surface area contributed by atoms with Crippen LogP contribution in [0.15, 0.2) is 0 Å². The maximum Gasteiger partial charge on any atom is 0.231 e. The summed E-state index contributed by atoms with van der Waals surface area (Å²) < 4.78 is 0. The molecule has 16 heavy (non-hydrogen) atoms. The minimum atomic E-state index is -1.27. The van der Waals surface area contributed by atoms with Crippen molar-refractivity contribution in [2.45, 2.75) is 18.4 Å². The number of carbonyl (C=O) groups excluding carboxylic acids is 3. The largest absolute Gasteiger partial charge is 0.369 e. The molecule has 6 heteroatoms. The number of rotatable bonds is 2. The highest BCUT2D eigenvalue weighted by Crippen LogP contribution is 2.45. The first-order chi connectivity index (χ1) is 7.44. The molecule has 1 heterocycles. The van der Waals surface area contributed by atoms with Crippen LogP contribution in [0.25, 0.3) is 0 Å². The lowest BCUT2D eigenvalue weighted by Crippen LogP contribution is -2.58. The molecule has 1 saturated heterocycles. The van der Waals surface area contributed by atoms with Crippen molar-refractivity contribution in [3.05, 3.63) is 0 Å². The Hall–Kier alpha value is -1.27. The molecule has 1 atom stereocenters. The fourth-order valence-corrected chi connectivity index (χ4v) is 2.67. The molecule has 0 bridgehead atoms. The number of amides is 1. The molecule has 2 rings (SSSR count). The summed E-state index contributed by atoms with van der Waals surface area (Å²) in [6.07, 6.45) is 1.27. The van der Waals surface area contributed by atoms with Gasteiger partial charge in [-0.2, -0.15) is 0 Å². The number of nitrogens with zero attached hydrogens (tertiary/aromatic N) is 2. The molecule has 2 aliphatic rings. The van der Waals surface area contributed by atoms with Gasteiger partial charge in [-0.3, -0.25) is 14.4 Å². The molecule has 88 valence electrons. The minimum absolute atomic E-state index is 0.482. The second kappa shape index (κ2) is 3.36. The molecule has 1 spiro atoms. The number of piperidine rings is 1. The maximum atomic E-state index is 11.6. The molecule has 1 aliphatic carbocycles. The summed E-state index contributed by atoms with van der Waals surface area (Å²) >= 11 is 0. The topological polar surface area (TPSA) is 83.7 Å². The van der Waals surface area contributed by atoms with Crippen LogP contribution in [0.4, 0.5) is 0 Å². The Labute approximate surface area is 93.3 Å². The molecule has 1 saturated carbocycles. The van der Waals surface area contributed by atoms with Crippen LogP contribution in [-0.2, 0) is 14.4 Å². The predicted octanol–water partition coefficient (Wildman–Crippen LogP) is -1.45. The van der Waals surface area contributed by atoms with E-state index in [2.05, 4.69) is 0 Å². The normalized spacial score (nSPS) is 28.8. The van der Waals surface area contributed by atoms with E-state index in [1.54, 1.807) is 24.1 Å². The minimum Gasteiger partial charge on any atom is -0.369 e. The summed E-state index contributed by atoms with van der Waals surface area (Å²) in [5.41, 5.74) is 4.01. The third-order valence-electron chi connectivity index (χ3n) is 3.44. The number of hydrogen-bond donors (Lipinski definition) is 1. The summed E-state index contributed by atoms with van der Waals surface area (Å²) in [5.74, 6) is -2.20. The maximum absolute atomic E-state index is 11.6. The van der Waals surface area contributed by atoms with Crippen molar-refractivity contribution >= 4 is 17.5 Å². The van der Waals surface area contributed by atoms with Crippen LogP contribution in [-0.4, -0.2) is 53.7 Å². The molecule has 1 aliphatic heterocycles. The summed E-state index contributed by atoms with van der Waals surface area (Å²) in [7, 11) is 3.51. The number of hydrogen-bond acceptors (Lipinski definition) is 5. The molecule has 1 unspecified atom stereocenters. The summed E-state index contributed by atoms with van der Waals surface area (Å²) in [6, 6.07) is 0. The monoisotopic (exact) mass is 225 g/mol. The van der Waals surface area contributed by atoms with Crippen LogP contribution in [0.1, 0.15) is 12.8 Å². The third-order valence-corrected chi connectivity index (χ3v) is 3.44. The highest BCUT2D eigenvalue weighted by molar-refractivity contribution is 6.67. The second-order valence-corrected chi connectivity index (χ2v) is 4.49. The van der Waals surface area contributed by atoms with Gasteiger partial charge >= 0.3 is 0 Å². The second-order valence-electron chi connectivity index (χ2n) is 4.49. The van der Waals surface area contributed by atoms with E-state index < -0.39 is 28.9 Å². The number of primary amides is 1. The van der Waals surface area contributed by atoms with Gasteiger partial charge in [0.25, 0.3) is 0 Å². The Morgan fingerprint density at radius 2 is 2.00 bits per heavy atom. The Morgan fingerprint density at radius 1 is 1.44 bits per heavy atom. The van der Waals surface area contributed by atoms with E-state index in [-0.39, 0.29) is 0 Å². The zero-order chi connectivity index (χ0) is 12.1. The molecule has 0 radical (unpaired) electrons. The zero-order valence-corrected chi connectivity index (χ0v) is 9.40. The quantitative estimate of drug-likeness (QED) is 0.459. The molecule has 2 N–H and O–H groups in total. The molecular formula is C10H15N3O3. The van der Waals surface area contributed by atoms with E-state index in [1.165, 1.54) is 0 Å². The smallest absolute Gasteiger partial charge is 0.231 e. The van der Waals surface area contributed by atoms with E-state index in [9.17, 15) is 14.4 Å². The average Bonchev–Trinajstić information content (AvgIpc) is 2.72. The standard InChI is InChI=1S/C10H15N3O3/c1-12(2)13-5-3-4-6(9(11)16)10(13)7(14)8(10)15/h6H,3-5H2,1-2H3,(H2,11,16). The highest BCUT2D eigenvalue weighted by Gasteiger charge is 2.75. The van der Waals surface area contributed by atoms with Crippen molar-refractivity contribution in [2.24, 2.45) is 11.7 Å². The molecule has 0 aromatic carbocycles. The first kappa shape index (κ1) is 11.2. The van der Waals surface area contributed by atoms with Gasteiger partial charge in [-0.15, -0.1) is 0 Å². The van der Waals surface area contributed by atoms with Gasteiger partial charge in [-0.05, 0) is 12.8 Å². The van der Waals surface area contributed by atoms with Crippen molar-refractivity contribution in [1.82, 2.24) is 10.0 Å². The first-order valence-electron chi connectivity index (χ1n) is 5.27. The van der Waals surface area contributed by atoms with Gasteiger partial charge in [0.15, 0.2) is 5.54 Å². The van der Waals surface area contributed by atoms with Crippen molar-refractivity contribution in [3.63, 3.8) is 0 Å². The number of hydrazine groups is 1. The van der Waals surface area contributed by atoms with Gasteiger partial charge in [0.2, 0.25) is 17.5 Å². The van der Waals surface area contributed by atoms with Crippen molar-refractivity contribution in [1.29, 1.82) is 0 Å².